The molecule has 4 nitrogen and oxygen atoms in total. The van der Waals surface area contributed by atoms with E-state index in [9.17, 15) is 9.90 Å². The molecule has 0 aromatic carbocycles. The van der Waals surface area contributed by atoms with E-state index in [0.717, 1.165) is 13.0 Å². The normalized spacial score (nSPS) is 14.1. The largest absolute Gasteiger partial charge is 0.460 e. The predicted octanol–water partition coefficient (Wildman–Crippen LogP) is 3.30. The van der Waals surface area contributed by atoms with Gasteiger partial charge in [-0.05, 0) is 83.5 Å². The van der Waals surface area contributed by atoms with E-state index in [4.69, 9.17) is 4.74 Å². The summed E-state index contributed by atoms with van der Waals surface area (Å²) in [6, 6.07) is 0. The Hall–Kier alpha value is 1.67. The van der Waals surface area contributed by atoms with Gasteiger partial charge in [0.15, 0.2) is 0 Å². The fourth-order valence-electron chi connectivity index (χ4n) is 0.984. The van der Waals surface area contributed by atoms with Gasteiger partial charge >= 0.3 is 5.97 Å². The highest BCUT2D eigenvalue weighted by Gasteiger charge is 2.11. The molecule has 2 N–H and O–H groups in total. The van der Waals surface area contributed by atoms with E-state index < -0.39 is 13.6 Å². The van der Waals surface area contributed by atoms with Gasteiger partial charge in [-0.1, -0.05) is 8.12 Å². The first-order valence-corrected chi connectivity index (χ1v) is 14.8. The molecule has 0 saturated carbocycles. The lowest BCUT2D eigenvalue weighted by Gasteiger charge is -2.17. The number of carbonyl (C=O) groups excluding carboxylic acids is 1. The summed E-state index contributed by atoms with van der Waals surface area (Å²) < 4.78 is 4.32. The van der Waals surface area contributed by atoms with E-state index in [0.29, 0.717) is 12.1 Å². The Morgan fingerprint density at radius 1 is 1.50 bits per heavy atom. The highest BCUT2D eigenvalue weighted by molar-refractivity contribution is 14.5. The van der Waals surface area contributed by atoms with Crippen molar-refractivity contribution in [3.63, 3.8) is 0 Å². The second-order valence-electron chi connectivity index (χ2n) is 3.80. The number of hydrogen-bond acceptors (Lipinski definition) is 4. The number of nitrogens with one attached hydrogen (secondary N) is 1. The zero-order valence-electron chi connectivity index (χ0n) is 10.1. The SMILES string of the molecule is C=C(C)C(=O)OCC(O)CNCCCS(I)(I)I. The molecule has 0 spiro atoms. The van der Waals surface area contributed by atoms with Crippen molar-refractivity contribution in [3.8, 4) is 0 Å². The number of aliphatic hydroxyl groups excluding tert-OH is 1. The molecule has 108 valence electrons. The highest BCUT2D eigenvalue weighted by Crippen LogP contribution is 2.71. The van der Waals surface area contributed by atoms with Crippen molar-refractivity contribution >= 4 is 71.1 Å². The summed E-state index contributed by atoms with van der Waals surface area (Å²) in [4.78, 5) is 11.1. The van der Waals surface area contributed by atoms with Crippen LogP contribution >= 0.6 is 65.2 Å². The van der Waals surface area contributed by atoms with Gasteiger partial charge in [0.1, 0.15) is 12.7 Å². The van der Waals surface area contributed by atoms with Crippen molar-refractivity contribution in [2.24, 2.45) is 0 Å². The van der Waals surface area contributed by atoms with E-state index in [1.807, 2.05) is 0 Å². The molecule has 0 rings (SSSR count). The van der Waals surface area contributed by atoms with Crippen LogP contribution in [0.4, 0.5) is 0 Å². The van der Waals surface area contributed by atoms with Crippen LogP contribution in [0.15, 0.2) is 12.2 Å². The minimum atomic E-state index is -0.663. The molecular weight excluding hydrogens is 595 g/mol. The second kappa shape index (κ2) is 10.4. The third-order valence-corrected chi connectivity index (χ3v) is 6.58. The molecule has 0 saturated heterocycles. The van der Waals surface area contributed by atoms with Crippen LogP contribution in [-0.2, 0) is 9.53 Å². The van der Waals surface area contributed by atoms with Crippen molar-refractivity contribution in [2.75, 3.05) is 25.4 Å². The molecule has 0 aliphatic heterocycles. The van der Waals surface area contributed by atoms with E-state index in [1.54, 1.807) is 6.92 Å². The van der Waals surface area contributed by atoms with Gasteiger partial charge in [-0.2, -0.15) is 0 Å². The Balaban J connectivity index is 3.51. The molecule has 0 aliphatic carbocycles. The maximum Gasteiger partial charge on any atom is 0.333 e. The van der Waals surface area contributed by atoms with Gasteiger partial charge in [-0.15, -0.1) is 0 Å². The highest BCUT2D eigenvalue weighted by atomic mass is 127. The second-order valence-corrected chi connectivity index (χ2v) is 33.9. The monoisotopic (exact) mass is 613 g/mol. The lowest BCUT2D eigenvalue weighted by atomic mass is 10.3. The Morgan fingerprint density at radius 3 is 2.61 bits per heavy atom. The third kappa shape index (κ3) is 12.7. The molecule has 0 heterocycles. The van der Waals surface area contributed by atoms with Crippen LogP contribution in [0.25, 0.3) is 0 Å². The number of esters is 1. The average molecular weight is 613 g/mol. The summed E-state index contributed by atoms with van der Waals surface area (Å²) in [5, 5.41) is 12.7. The Labute approximate surface area is 146 Å². The molecule has 0 fully saturated rings. The summed E-state index contributed by atoms with van der Waals surface area (Å²) in [5.41, 5.74) is 0.348. The van der Waals surface area contributed by atoms with Crippen LogP contribution in [-0.4, -0.2) is 42.6 Å². The molecular formula is C10H18I3NO3S. The van der Waals surface area contributed by atoms with Crippen molar-refractivity contribution in [1.82, 2.24) is 5.32 Å². The summed E-state index contributed by atoms with van der Waals surface area (Å²) >= 11 is 7.45. The quantitative estimate of drug-likeness (QED) is 0.182. The number of hydrogen-bond donors (Lipinski definition) is 2. The first-order chi connectivity index (χ1) is 8.22. The topological polar surface area (TPSA) is 58.6 Å². The van der Waals surface area contributed by atoms with Crippen molar-refractivity contribution in [3.05, 3.63) is 12.2 Å². The van der Waals surface area contributed by atoms with Crippen LogP contribution in [0.3, 0.4) is 0 Å². The zero-order valence-corrected chi connectivity index (χ0v) is 17.4. The van der Waals surface area contributed by atoms with Crippen LogP contribution in [0.1, 0.15) is 13.3 Å². The summed E-state index contributed by atoms with van der Waals surface area (Å²) in [6.07, 6.45) is 0.423. The third-order valence-electron chi connectivity index (χ3n) is 1.86. The number of carbonyl (C=O) groups is 1. The number of rotatable bonds is 9. The Morgan fingerprint density at radius 2 is 2.11 bits per heavy atom. The molecule has 0 aromatic rings. The molecule has 0 amide bonds. The fraction of sp³-hybridized carbons (Fsp3) is 0.700. The predicted molar refractivity (Wildman–Crippen MR) is 104 cm³/mol. The Bertz CT molecular complexity index is 284. The summed E-state index contributed by atoms with van der Waals surface area (Å²) in [7, 11) is 0. The number of halogens is 3. The van der Waals surface area contributed by atoms with Gasteiger partial charge in [0.25, 0.3) is 0 Å². The van der Waals surface area contributed by atoms with Crippen molar-refractivity contribution < 1.29 is 14.6 Å². The minimum absolute atomic E-state index is 0.0126. The summed E-state index contributed by atoms with van der Waals surface area (Å²) in [6.45, 7) is 6.38. The van der Waals surface area contributed by atoms with E-state index in [1.165, 1.54) is 5.75 Å². The summed E-state index contributed by atoms with van der Waals surface area (Å²) in [5.74, 6) is 0.727. The van der Waals surface area contributed by atoms with Gasteiger partial charge in [0.05, 0.1) is 0 Å². The van der Waals surface area contributed by atoms with Crippen LogP contribution in [0, 0.1) is 0 Å². The molecule has 1 atom stereocenters. The number of ether oxygens (including phenoxy) is 1. The average Bonchev–Trinajstić information content (AvgIpc) is 2.23. The van der Waals surface area contributed by atoms with Crippen LogP contribution in [0.5, 0.6) is 0 Å². The number of aliphatic hydroxyl groups is 1. The van der Waals surface area contributed by atoms with Crippen molar-refractivity contribution in [1.29, 1.82) is 0 Å². The van der Waals surface area contributed by atoms with E-state index >= 15 is 0 Å². The van der Waals surface area contributed by atoms with Crippen LogP contribution in [0.2, 0.25) is 0 Å². The molecule has 0 bridgehead atoms. The lowest BCUT2D eigenvalue weighted by molar-refractivity contribution is -0.141. The van der Waals surface area contributed by atoms with Gasteiger partial charge in [-0.25, -0.2) is 4.79 Å². The smallest absolute Gasteiger partial charge is 0.333 e. The molecule has 18 heavy (non-hydrogen) atoms. The standard InChI is InChI=1S/C10H18I3NO3S/c1-8(2)10(16)17-7-9(15)6-14-4-3-5-18(11,12)13/h9,14-15H,1,3-7H2,2H3. The molecule has 0 radical (unpaired) electrons. The fourth-order valence-corrected chi connectivity index (χ4v) is 4.26. The first-order valence-electron chi connectivity index (χ1n) is 5.33. The van der Waals surface area contributed by atoms with E-state index in [2.05, 4.69) is 75.5 Å². The molecule has 1 unspecified atom stereocenters. The first kappa shape index (κ1) is 19.7. The molecule has 0 aliphatic rings. The van der Waals surface area contributed by atoms with Gasteiger partial charge in [0, 0.05) is 17.9 Å². The van der Waals surface area contributed by atoms with Crippen LogP contribution < -0.4 is 5.32 Å². The Kier molecular flexibility index (Phi) is 11.4. The molecule has 8 heteroatoms. The van der Waals surface area contributed by atoms with Crippen molar-refractivity contribution in [2.45, 2.75) is 19.4 Å². The zero-order chi connectivity index (χ0) is 14.2. The van der Waals surface area contributed by atoms with Gasteiger partial charge in [0.2, 0.25) is 0 Å². The maximum absolute atomic E-state index is 11.1. The van der Waals surface area contributed by atoms with E-state index in [-0.39, 0.29) is 6.61 Å². The molecule has 0 aromatic heterocycles. The lowest BCUT2D eigenvalue weighted by Crippen LogP contribution is -2.32. The maximum atomic E-state index is 11.1. The minimum Gasteiger partial charge on any atom is -0.460 e. The van der Waals surface area contributed by atoms with Gasteiger partial charge < -0.3 is 15.2 Å². The van der Waals surface area contributed by atoms with Gasteiger partial charge in [-0.3, -0.25) is 0 Å².